The van der Waals surface area contributed by atoms with E-state index >= 15 is 0 Å². The van der Waals surface area contributed by atoms with Gasteiger partial charge in [-0.3, -0.25) is 4.79 Å². The van der Waals surface area contributed by atoms with E-state index in [0.717, 1.165) is 6.42 Å². The predicted molar refractivity (Wildman–Crippen MR) is 86.4 cm³/mol. The monoisotopic (exact) mass is 358 g/mol. The number of carbonyl (C=O) groups excluding carboxylic acids is 1. The number of halogens is 3. The van der Waals surface area contributed by atoms with Crippen molar-refractivity contribution in [2.75, 3.05) is 13.2 Å². The molecule has 5 nitrogen and oxygen atoms in total. The number of nitrogens with zero attached hydrogens (tertiary/aromatic N) is 1. The van der Waals surface area contributed by atoms with Gasteiger partial charge in [0.25, 0.3) is 0 Å². The molecule has 25 heavy (non-hydrogen) atoms. The van der Waals surface area contributed by atoms with Crippen LogP contribution in [0.2, 0.25) is 0 Å². The maximum absolute atomic E-state index is 13.0. The van der Waals surface area contributed by atoms with Crippen LogP contribution >= 0.6 is 0 Å². The molecule has 0 aliphatic heterocycles. The van der Waals surface area contributed by atoms with E-state index in [1.165, 1.54) is 12.1 Å². The van der Waals surface area contributed by atoms with Gasteiger partial charge in [-0.2, -0.15) is 13.2 Å². The van der Waals surface area contributed by atoms with Crippen molar-refractivity contribution in [3.63, 3.8) is 0 Å². The first-order valence-corrected chi connectivity index (χ1v) is 8.26. The zero-order valence-electron chi connectivity index (χ0n) is 14.2. The van der Waals surface area contributed by atoms with Gasteiger partial charge < -0.3 is 14.6 Å². The van der Waals surface area contributed by atoms with Crippen molar-refractivity contribution in [3.8, 4) is 5.75 Å². The SMILES string of the molecule is CCCc1c(OCCCC(=O)NCC)ccc2c(C(F)(F)F)noc12. The largest absolute Gasteiger partial charge is 0.493 e. The summed E-state index contributed by atoms with van der Waals surface area (Å²) in [4.78, 5) is 11.4. The van der Waals surface area contributed by atoms with Gasteiger partial charge in [0.05, 0.1) is 12.0 Å². The fourth-order valence-electron chi connectivity index (χ4n) is 2.57. The Labute approximate surface area is 143 Å². The summed E-state index contributed by atoms with van der Waals surface area (Å²) in [6.07, 6.45) is -2.49. The first-order chi connectivity index (χ1) is 11.9. The molecule has 0 fully saturated rings. The second-order valence-electron chi connectivity index (χ2n) is 5.60. The van der Waals surface area contributed by atoms with Crippen LogP contribution in [0.4, 0.5) is 13.2 Å². The van der Waals surface area contributed by atoms with Gasteiger partial charge in [0.2, 0.25) is 5.91 Å². The number of ether oxygens (including phenoxy) is 1. The zero-order chi connectivity index (χ0) is 18.4. The highest BCUT2D eigenvalue weighted by Gasteiger charge is 2.37. The maximum Gasteiger partial charge on any atom is 0.437 e. The molecule has 1 aromatic carbocycles. The molecule has 0 radical (unpaired) electrons. The zero-order valence-corrected chi connectivity index (χ0v) is 14.2. The number of aromatic nitrogens is 1. The Morgan fingerprint density at radius 3 is 2.72 bits per heavy atom. The van der Waals surface area contributed by atoms with Crippen LogP contribution in [-0.4, -0.2) is 24.2 Å². The smallest absolute Gasteiger partial charge is 0.437 e. The summed E-state index contributed by atoms with van der Waals surface area (Å²) in [5, 5.41) is 5.81. The fourth-order valence-corrected chi connectivity index (χ4v) is 2.57. The lowest BCUT2D eigenvalue weighted by molar-refractivity contribution is -0.141. The van der Waals surface area contributed by atoms with Crippen molar-refractivity contribution in [2.24, 2.45) is 0 Å². The van der Waals surface area contributed by atoms with Crippen LogP contribution in [0.3, 0.4) is 0 Å². The van der Waals surface area contributed by atoms with Crippen LogP contribution in [0.5, 0.6) is 5.75 Å². The van der Waals surface area contributed by atoms with E-state index in [1.807, 2.05) is 13.8 Å². The van der Waals surface area contributed by atoms with E-state index in [-0.39, 0.29) is 16.9 Å². The number of fused-ring (bicyclic) bond motifs is 1. The summed E-state index contributed by atoms with van der Waals surface area (Å²) in [6.45, 7) is 4.62. The first-order valence-electron chi connectivity index (χ1n) is 8.26. The van der Waals surface area contributed by atoms with Crippen molar-refractivity contribution in [3.05, 3.63) is 23.4 Å². The Kier molecular flexibility index (Phi) is 6.27. The number of hydrogen-bond acceptors (Lipinski definition) is 4. The molecule has 0 spiro atoms. The minimum absolute atomic E-state index is 0.0552. The first kappa shape index (κ1) is 19.1. The fraction of sp³-hybridized carbons (Fsp3) is 0.529. The van der Waals surface area contributed by atoms with Crippen LogP contribution in [0, 0.1) is 0 Å². The van der Waals surface area contributed by atoms with Gasteiger partial charge in [0.15, 0.2) is 11.3 Å². The maximum atomic E-state index is 13.0. The van der Waals surface area contributed by atoms with E-state index in [9.17, 15) is 18.0 Å². The van der Waals surface area contributed by atoms with Crippen molar-refractivity contribution in [2.45, 2.75) is 45.7 Å². The second kappa shape index (κ2) is 8.22. The van der Waals surface area contributed by atoms with Crippen molar-refractivity contribution in [1.82, 2.24) is 10.5 Å². The van der Waals surface area contributed by atoms with E-state index < -0.39 is 11.9 Å². The summed E-state index contributed by atoms with van der Waals surface area (Å²) in [7, 11) is 0. The normalized spacial score (nSPS) is 11.7. The summed E-state index contributed by atoms with van der Waals surface area (Å²) in [5.41, 5.74) is -0.348. The Morgan fingerprint density at radius 1 is 1.32 bits per heavy atom. The molecular formula is C17H21F3N2O3. The molecular weight excluding hydrogens is 337 g/mol. The standard InChI is InChI=1S/C17H21F3N2O3/c1-3-6-11-13(24-10-5-7-14(23)21-4-2)9-8-12-15(11)25-22-16(12)17(18,19)20/h8-9H,3-7,10H2,1-2H3,(H,21,23). The van der Waals surface area contributed by atoms with Crippen molar-refractivity contribution in [1.29, 1.82) is 0 Å². The number of benzene rings is 1. The van der Waals surface area contributed by atoms with Gasteiger partial charge in [-0.15, -0.1) is 0 Å². The number of rotatable bonds is 8. The molecule has 138 valence electrons. The lowest BCUT2D eigenvalue weighted by Gasteiger charge is -2.11. The molecule has 8 heteroatoms. The molecule has 1 N–H and O–H groups in total. The van der Waals surface area contributed by atoms with Gasteiger partial charge in [-0.25, -0.2) is 0 Å². The van der Waals surface area contributed by atoms with Crippen molar-refractivity contribution >= 4 is 16.9 Å². The van der Waals surface area contributed by atoms with Gasteiger partial charge in [-0.05, 0) is 31.9 Å². The third kappa shape index (κ3) is 4.64. The van der Waals surface area contributed by atoms with Crippen LogP contribution < -0.4 is 10.1 Å². The van der Waals surface area contributed by atoms with E-state index in [4.69, 9.17) is 9.26 Å². The number of hydrogen-bond donors (Lipinski definition) is 1. The number of aryl methyl sites for hydroxylation is 1. The molecule has 1 amide bonds. The average Bonchev–Trinajstić information content (AvgIpc) is 2.98. The second-order valence-corrected chi connectivity index (χ2v) is 5.60. The highest BCUT2D eigenvalue weighted by Crippen LogP contribution is 2.38. The third-order valence-corrected chi connectivity index (χ3v) is 3.65. The van der Waals surface area contributed by atoms with Gasteiger partial charge in [-0.1, -0.05) is 18.5 Å². The lowest BCUT2D eigenvalue weighted by Crippen LogP contribution is -2.22. The predicted octanol–water partition coefficient (Wildman–Crippen LogP) is 4.09. The summed E-state index contributed by atoms with van der Waals surface area (Å²) >= 11 is 0. The van der Waals surface area contributed by atoms with Crippen LogP contribution in [-0.2, 0) is 17.4 Å². The molecule has 1 heterocycles. The molecule has 0 saturated carbocycles. The lowest BCUT2D eigenvalue weighted by atomic mass is 10.0. The van der Waals surface area contributed by atoms with Gasteiger partial charge in [0.1, 0.15) is 5.75 Å². The Bertz CT molecular complexity index is 726. The number of nitrogens with one attached hydrogen (secondary N) is 1. The third-order valence-electron chi connectivity index (χ3n) is 3.65. The topological polar surface area (TPSA) is 64.4 Å². The number of amides is 1. The number of alkyl halides is 3. The van der Waals surface area contributed by atoms with Crippen LogP contribution in [0.15, 0.2) is 16.7 Å². The Balaban J connectivity index is 2.17. The van der Waals surface area contributed by atoms with Gasteiger partial charge in [0, 0.05) is 18.5 Å². The van der Waals surface area contributed by atoms with E-state index in [1.54, 1.807) is 0 Å². The molecule has 2 rings (SSSR count). The molecule has 0 saturated heterocycles. The highest BCUT2D eigenvalue weighted by atomic mass is 19.4. The molecule has 1 aromatic heterocycles. The van der Waals surface area contributed by atoms with Gasteiger partial charge >= 0.3 is 6.18 Å². The van der Waals surface area contributed by atoms with Crippen LogP contribution in [0.25, 0.3) is 11.0 Å². The quantitative estimate of drug-likeness (QED) is 0.722. The highest BCUT2D eigenvalue weighted by molar-refractivity contribution is 5.85. The summed E-state index contributed by atoms with van der Waals surface area (Å²) < 4.78 is 49.5. The summed E-state index contributed by atoms with van der Waals surface area (Å²) in [6, 6.07) is 2.82. The van der Waals surface area contributed by atoms with E-state index in [0.29, 0.717) is 43.7 Å². The average molecular weight is 358 g/mol. The van der Waals surface area contributed by atoms with Crippen LogP contribution in [0.1, 0.15) is 44.4 Å². The number of carbonyl (C=O) groups is 1. The molecule has 0 unspecified atom stereocenters. The molecule has 0 atom stereocenters. The Hall–Kier alpha value is -2.25. The summed E-state index contributed by atoms with van der Waals surface area (Å²) in [5.74, 6) is 0.413. The minimum atomic E-state index is -4.57. The van der Waals surface area contributed by atoms with E-state index in [2.05, 4.69) is 10.5 Å². The van der Waals surface area contributed by atoms with Crippen molar-refractivity contribution < 1.29 is 27.2 Å². The molecule has 2 aromatic rings. The Morgan fingerprint density at radius 2 is 2.08 bits per heavy atom. The minimum Gasteiger partial charge on any atom is -0.493 e. The molecule has 0 aliphatic rings. The molecule has 0 aliphatic carbocycles. The molecule has 0 bridgehead atoms.